The lowest BCUT2D eigenvalue weighted by Gasteiger charge is -2.22. The molecule has 7 heteroatoms. The summed E-state index contributed by atoms with van der Waals surface area (Å²) >= 11 is 0. The molecule has 0 spiro atoms. The molecule has 6 nitrogen and oxygen atoms in total. The first kappa shape index (κ1) is 23.7. The van der Waals surface area contributed by atoms with Crippen LogP contribution in [-0.2, 0) is 24.8 Å². The van der Waals surface area contributed by atoms with Crippen molar-refractivity contribution < 1.29 is 4.74 Å². The van der Waals surface area contributed by atoms with Crippen LogP contribution in [0.4, 0.5) is 0 Å². The van der Waals surface area contributed by atoms with E-state index in [1.165, 1.54) is 16.8 Å². The van der Waals surface area contributed by atoms with E-state index in [9.17, 15) is 0 Å². The number of rotatable bonds is 7. The van der Waals surface area contributed by atoms with Crippen molar-refractivity contribution in [2.45, 2.75) is 33.3 Å². The van der Waals surface area contributed by atoms with E-state index in [0.717, 1.165) is 50.7 Å². The van der Waals surface area contributed by atoms with E-state index in [4.69, 9.17) is 4.74 Å². The number of aliphatic imine (C=N–C) groups is 1. The van der Waals surface area contributed by atoms with Gasteiger partial charge in [-0.25, -0.2) is 0 Å². The average molecular weight is 511 g/mol. The van der Waals surface area contributed by atoms with Crippen molar-refractivity contribution in [1.29, 1.82) is 0 Å². The summed E-state index contributed by atoms with van der Waals surface area (Å²) < 4.78 is 7.90. The second-order valence-corrected chi connectivity index (χ2v) is 7.60. The van der Waals surface area contributed by atoms with Crippen molar-refractivity contribution in [2.75, 3.05) is 33.3 Å². The van der Waals surface area contributed by atoms with E-state index in [0.29, 0.717) is 12.5 Å². The number of ether oxygens (including phenoxy) is 1. The summed E-state index contributed by atoms with van der Waals surface area (Å²) in [5.74, 6) is 1.55. The molecule has 0 amide bonds. The van der Waals surface area contributed by atoms with Crippen LogP contribution in [0.5, 0.6) is 0 Å². The zero-order chi connectivity index (χ0) is 19.9. The van der Waals surface area contributed by atoms with Crippen LogP contribution in [0.2, 0.25) is 0 Å². The van der Waals surface area contributed by atoms with Crippen molar-refractivity contribution in [3.05, 3.63) is 52.8 Å². The van der Waals surface area contributed by atoms with Crippen LogP contribution < -0.4 is 5.32 Å². The number of aromatic nitrogens is 2. The SMILES string of the molecule is CN=C(NCCc1c(C)nn(C)c1C)N1CCC(COCc2ccccc2)C1.I. The molecule has 1 aliphatic rings. The van der Waals surface area contributed by atoms with Crippen molar-refractivity contribution in [1.82, 2.24) is 20.0 Å². The quantitative estimate of drug-likeness (QED) is 0.352. The number of halogens is 1. The number of nitrogens with zero attached hydrogens (tertiary/aromatic N) is 4. The first-order valence-corrected chi connectivity index (χ1v) is 10.1. The largest absolute Gasteiger partial charge is 0.376 e. The van der Waals surface area contributed by atoms with Gasteiger partial charge in [-0.2, -0.15) is 5.10 Å². The Bertz CT molecular complexity index is 790. The van der Waals surface area contributed by atoms with Crippen LogP contribution in [0.15, 0.2) is 35.3 Å². The lowest BCUT2D eigenvalue weighted by atomic mass is 10.1. The molecule has 0 bridgehead atoms. The van der Waals surface area contributed by atoms with Gasteiger partial charge in [-0.15, -0.1) is 24.0 Å². The first-order valence-electron chi connectivity index (χ1n) is 10.1. The van der Waals surface area contributed by atoms with Gasteiger partial charge in [-0.1, -0.05) is 30.3 Å². The molecule has 1 fully saturated rings. The summed E-state index contributed by atoms with van der Waals surface area (Å²) in [6, 6.07) is 10.4. The number of benzene rings is 1. The van der Waals surface area contributed by atoms with Crippen LogP contribution >= 0.6 is 24.0 Å². The molecule has 1 atom stereocenters. The minimum Gasteiger partial charge on any atom is -0.376 e. The standard InChI is InChI=1S/C22H33N5O.HI/c1-17-21(18(2)26(4)25-17)10-12-24-22(23-3)27-13-11-20(14-27)16-28-15-19-8-6-5-7-9-19;/h5-9,20H,10-16H2,1-4H3,(H,23,24);1H. The highest BCUT2D eigenvalue weighted by atomic mass is 127. The van der Waals surface area contributed by atoms with Gasteiger partial charge in [0.15, 0.2) is 5.96 Å². The summed E-state index contributed by atoms with van der Waals surface area (Å²) in [6.45, 7) is 8.60. The van der Waals surface area contributed by atoms with E-state index in [-0.39, 0.29) is 24.0 Å². The molecule has 2 aromatic rings. The number of likely N-dealkylation sites (tertiary alicyclic amines) is 1. The Morgan fingerprint density at radius 2 is 2.03 bits per heavy atom. The van der Waals surface area contributed by atoms with Crippen LogP contribution in [0, 0.1) is 19.8 Å². The summed E-state index contributed by atoms with van der Waals surface area (Å²) in [5, 5.41) is 8.02. The Hall–Kier alpha value is -1.61. The normalized spacial score (nSPS) is 16.8. The molecule has 3 rings (SSSR count). The lowest BCUT2D eigenvalue weighted by molar-refractivity contribution is 0.0907. The van der Waals surface area contributed by atoms with Gasteiger partial charge >= 0.3 is 0 Å². The van der Waals surface area contributed by atoms with Crippen LogP contribution in [-0.4, -0.2) is 53.9 Å². The van der Waals surface area contributed by atoms with Crippen molar-refractivity contribution in [3.8, 4) is 0 Å². The molecule has 1 aromatic carbocycles. The maximum atomic E-state index is 5.94. The zero-order valence-corrected chi connectivity index (χ0v) is 20.3. The highest BCUT2D eigenvalue weighted by Gasteiger charge is 2.25. The van der Waals surface area contributed by atoms with Crippen LogP contribution in [0.3, 0.4) is 0 Å². The second-order valence-electron chi connectivity index (χ2n) is 7.60. The molecule has 1 aliphatic heterocycles. The van der Waals surface area contributed by atoms with Crippen LogP contribution in [0.25, 0.3) is 0 Å². The third-order valence-electron chi connectivity index (χ3n) is 5.58. The van der Waals surface area contributed by atoms with Gasteiger partial charge in [-0.05, 0) is 37.8 Å². The Balaban J connectivity index is 0.00000300. The lowest BCUT2D eigenvalue weighted by Crippen LogP contribution is -2.41. The minimum absolute atomic E-state index is 0. The molecule has 1 aromatic heterocycles. The van der Waals surface area contributed by atoms with Gasteiger partial charge in [0.25, 0.3) is 0 Å². The fourth-order valence-corrected chi connectivity index (χ4v) is 3.89. The summed E-state index contributed by atoms with van der Waals surface area (Å²) in [5.41, 5.74) is 4.93. The monoisotopic (exact) mass is 511 g/mol. The maximum Gasteiger partial charge on any atom is 0.193 e. The van der Waals surface area contributed by atoms with Gasteiger partial charge in [0.2, 0.25) is 0 Å². The molecule has 1 N–H and O–H groups in total. The van der Waals surface area contributed by atoms with E-state index in [1.807, 2.05) is 24.8 Å². The molecule has 0 aliphatic carbocycles. The fraction of sp³-hybridized carbons (Fsp3) is 0.545. The molecule has 2 heterocycles. The topological polar surface area (TPSA) is 54.7 Å². The third-order valence-corrected chi connectivity index (χ3v) is 5.58. The zero-order valence-electron chi connectivity index (χ0n) is 18.0. The molecule has 0 saturated carbocycles. The number of guanidine groups is 1. The highest BCUT2D eigenvalue weighted by Crippen LogP contribution is 2.17. The average Bonchev–Trinajstić information content (AvgIpc) is 3.25. The van der Waals surface area contributed by atoms with Gasteiger partial charge in [0, 0.05) is 45.3 Å². The van der Waals surface area contributed by atoms with Gasteiger partial charge in [0.1, 0.15) is 0 Å². The minimum atomic E-state index is 0. The summed E-state index contributed by atoms with van der Waals surface area (Å²) in [7, 11) is 3.87. The smallest absolute Gasteiger partial charge is 0.193 e. The van der Waals surface area contributed by atoms with Gasteiger partial charge in [-0.3, -0.25) is 9.67 Å². The Morgan fingerprint density at radius 1 is 1.28 bits per heavy atom. The molecular weight excluding hydrogens is 477 g/mol. The fourth-order valence-electron chi connectivity index (χ4n) is 3.89. The molecule has 0 radical (unpaired) electrons. The summed E-state index contributed by atoms with van der Waals surface area (Å²) in [4.78, 5) is 6.83. The van der Waals surface area contributed by atoms with E-state index in [1.54, 1.807) is 0 Å². The van der Waals surface area contributed by atoms with Gasteiger partial charge in [0.05, 0.1) is 18.9 Å². The summed E-state index contributed by atoms with van der Waals surface area (Å²) in [6.07, 6.45) is 2.11. The van der Waals surface area contributed by atoms with Crippen molar-refractivity contribution in [3.63, 3.8) is 0 Å². The molecule has 29 heavy (non-hydrogen) atoms. The molecule has 1 unspecified atom stereocenters. The number of nitrogens with one attached hydrogen (secondary N) is 1. The highest BCUT2D eigenvalue weighted by molar-refractivity contribution is 14.0. The maximum absolute atomic E-state index is 5.94. The Kier molecular flexibility index (Phi) is 9.42. The predicted octanol–water partition coefficient (Wildman–Crippen LogP) is 3.31. The third kappa shape index (κ3) is 6.44. The van der Waals surface area contributed by atoms with Crippen LogP contribution in [0.1, 0.15) is 28.9 Å². The first-order chi connectivity index (χ1) is 13.6. The number of aryl methyl sites for hydroxylation is 2. The molecule has 160 valence electrons. The molecular formula is C22H34IN5O. The van der Waals surface area contributed by atoms with Crippen molar-refractivity contribution >= 4 is 29.9 Å². The van der Waals surface area contributed by atoms with E-state index >= 15 is 0 Å². The number of hydrogen-bond donors (Lipinski definition) is 1. The van der Waals surface area contributed by atoms with E-state index < -0.39 is 0 Å². The predicted molar refractivity (Wildman–Crippen MR) is 129 cm³/mol. The second kappa shape index (κ2) is 11.5. The van der Waals surface area contributed by atoms with Gasteiger partial charge < -0.3 is 15.0 Å². The molecule has 1 saturated heterocycles. The van der Waals surface area contributed by atoms with E-state index in [2.05, 4.69) is 58.4 Å². The van der Waals surface area contributed by atoms with Crippen molar-refractivity contribution in [2.24, 2.45) is 18.0 Å². The Labute approximate surface area is 191 Å². The Morgan fingerprint density at radius 3 is 2.69 bits per heavy atom. The number of hydrogen-bond acceptors (Lipinski definition) is 3.